The molecule has 12 nitrogen and oxygen atoms in total. The number of anilines is 2. The molecule has 12 heteroatoms. The molecule has 2 aliphatic heterocycles. The molecule has 2 aromatic carbocycles. The summed E-state index contributed by atoms with van der Waals surface area (Å²) < 4.78 is 18.1. The van der Waals surface area contributed by atoms with E-state index in [1.807, 2.05) is 48.5 Å². The van der Waals surface area contributed by atoms with Crippen LogP contribution in [-0.4, -0.2) is 84.0 Å². The van der Waals surface area contributed by atoms with Crippen LogP contribution in [0.4, 0.5) is 16.4 Å². The fourth-order valence-corrected chi connectivity index (χ4v) is 5.47. The molecule has 0 bridgehead atoms. The number of nitrogens with zero attached hydrogens (tertiary/aromatic N) is 4. The number of hydrogen-bond donors (Lipinski definition) is 3. The number of amides is 2. The van der Waals surface area contributed by atoms with Gasteiger partial charge in [-0.25, -0.2) is 14.8 Å². The van der Waals surface area contributed by atoms with Crippen molar-refractivity contribution in [3.63, 3.8) is 0 Å². The highest BCUT2D eigenvalue weighted by atomic mass is 16.7. The van der Waals surface area contributed by atoms with E-state index in [1.165, 1.54) is 0 Å². The van der Waals surface area contributed by atoms with Gasteiger partial charge < -0.3 is 34.9 Å². The lowest BCUT2D eigenvalue weighted by molar-refractivity contribution is -0.276. The number of ether oxygens (including phenoxy) is 3. The van der Waals surface area contributed by atoms with Crippen molar-refractivity contribution in [1.29, 1.82) is 0 Å². The molecule has 44 heavy (non-hydrogen) atoms. The van der Waals surface area contributed by atoms with Gasteiger partial charge in [0.25, 0.3) is 0 Å². The topological polar surface area (TPSA) is 138 Å². The van der Waals surface area contributed by atoms with Gasteiger partial charge in [-0.3, -0.25) is 9.69 Å². The van der Waals surface area contributed by atoms with E-state index in [9.17, 15) is 14.7 Å². The van der Waals surface area contributed by atoms with Crippen LogP contribution in [-0.2, 0) is 25.6 Å². The molecule has 2 saturated heterocycles. The molecule has 2 aliphatic rings. The summed E-state index contributed by atoms with van der Waals surface area (Å²) in [5.41, 5.74) is 3.14. The minimum absolute atomic E-state index is 0.0249. The van der Waals surface area contributed by atoms with Crippen LogP contribution >= 0.6 is 0 Å². The Morgan fingerprint density at radius 2 is 1.75 bits per heavy atom. The van der Waals surface area contributed by atoms with E-state index >= 15 is 0 Å². The van der Waals surface area contributed by atoms with Gasteiger partial charge in [-0.05, 0) is 36.2 Å². The maximum absolute atomic E-state index is 12.4. The number of carbonyl (C=O) groups is 2. The van der Waals surface area contributed by atoms with Crippen molar-refractivity contribution in [3.05, 3.63) is 83.7 Å². The van der Waals surface area contributed by atoms with Gasteiger partial charge in [-0.15, -0.1) is 0 Å². The van der Waals surface area contributed by atoms with Crippen LogP contribution in [0.25, 0.3) is 0 Å². The van der Waals surface area contributed by atoms with Crippen molar-refractivity contribution in [1.82, 2.24) is 20.2 Å². The minimum atomic E-state index is -0.679. The van der Waals surface area contributed by atoms with Crippen LogP contribution in [0.1, 0.15) is 42.9 Å². The van der Waals surface area contributed by atoms with Crippen molar-refractivity contribution >= 4 is 23.6 Å². The summed E-state index contributed by atoms with van der Waals surface area (Å²) in [5.74, 6) is 0.280. The SMILES string of the molecule is CCOC(=O)CNC(=O)Nc1cccc(C2OC(CN3CCN(c4ncccn4)CC3)C(C)C(c3ccc(CO)cc3)O2)c1. The molecule has 1 aromatic heterocycles. The van der Waals surface area contributed by atoms with E-state index in [0.717, 1.165) is 55.4 Å². The first-order valence-electron chi connectivity index (χ1n) is 15.0. The Kier molecular flexibility index (Phi) is 10.7. The predicted octanol–water partition coefficient (Wildman–Crippen LogP) is 3.27. The number of aliphatic hydroxyl groups excluding tert-OH is 1. The van der Waals surface area contributed by atoms with Gasteiger partial charge in [0.2, 0.25) is 5.95 Å². The summed E-state index contributed by atoms with van der Waals surface area (Å²) in [7, 11) is 0. The van der Waals surface area contributed by atoms with Crippen LogP contribution in [0.5, 0.6) is 0 Å². The molecule has 4 unspecified atom stereocenters. The van der Waals surface area contributed by atoms with Gasteiger partial charge in [0, 0.05) is 62.3 Å². The molecule has 2 fully saturated rings. The van der Waals surface area contributed by atoms with E-state index in [0.29, 0.717) is 5.69 Å². The minimum Gasteiger partial charge on any atom is -0.465 e. The van der Waals surface area contributed by atoms with Gasteiger partial charge in [0.15, 0.2) is 6.29 Å². The second kappa shape index (κ2) is 15.1. The van der Waals surface area contributed by atoms with Crippen LogP contribution < -0.4 is 15.5 Å². The number of esters is 1. The van der Waals surface area contributed by atoms with Crippen molar-refractivity contribution in [3.8, 4) is 0 Å². The molecular formula is C32H40N6O6. The van der Waals surface area contributed by atoms with Crippen LogP contribution in [0.15, 0.2) is 67.0 Å². The normalized spacial score (nSPS) is 22.3. The molecule has 3 aromatic rings. The Morgan fingerprint density at radius 1 is 1.00 bits per heavy atom. The number of benzene rings is 2. The Hall–Kier alpha value is -4.10. The van der Waals surface area contributed by atoms with E-state index in [4.69, 9.17) is 14.2 Å². The lowest BCUT2D eigenvalue weighted by Gasteiger charge is -2.44. The highest BCUT2D eigenvalue weighted by Gasteiger charge is 2.39. The molecule has 0 aliphatic carbocycles. The summed E-state index contributed by atoms with van der Waals surface area (Å²) in [6.45, 7) is 7.93. The van der Waals surface area contributed by atoms with Crippen LogP contribution in [0, 0.1) is 5.92 Å². The molecule has 4 atom stereocenters. The Morgan fingerprint density at radius 3 is 2.45 bits per heavy atom. The van der Waals surface area contributed by atoms with Crippen molar-refractivity contribution < 1.29 is 28.9 Å². The molecule has 3 N–H and O–H groups in total. The molecule has 3 heterocycles. The average Bonchev–Trinajstić information content (AvgIpc) is 3.06. The van der Waals surface area contributed by atoms with Gasteiger partial charge in [0.05, 0.1) is 25.4 Å². The highest BCUT2D eigenvalue weighted by Crippen LogP contribution is 2.42. The summed E-state index contributed by atoms with van der Waals surface area (Å²) in [4.78, 5) is 37.4. The zero-order chi connectivity index (χ0) is 30.9. The monoisotopic (exact) mass is 604 g/mol. The van der Waals surface area contributed by atoms with Gasteiger partial charge >= 0.3 is 12.0 Å². The molecule has 234 valence electrons. The largest absolute Gasteiger partial charge is 0.465 e. The lowest BCUT2D eigenvalue weighted by Crippen LogP contribution is -2.51. The third-order valence-corrected chi connectivity index (χ3v) is 7.88. The maximum Gasteiger partial charge on any atom is 0.325 e. The standard InChI is InChI=1S/C32H40N6O6/c1-3-42-28(40)19-35-32(41)36-26-7-4-6-25(18-26)30-43-27(22(2)29(44-30)24-10-8-23(21-39)9-11-24)20-37-14-16-38(17-15-37)31-33-12-5-13-34-31/h4-13,18,22,27,29-30,39H,3,14-17,19-21H2,1-2H3,(H2,35,36,41). The predicted molar refractivity (Wildman–Crippen MR) is 164 cm³/mol. The summed E-state index contributed by atoms with van der Waals surface area (Å²) in [6, 6.07) is 16.4. The number of aromatic nitrogens is 2. The zero-order valence-corrected chi connectivity index (χ0v) is 25.1. The maximum atomic E-state index is 12.4. The molecule has 5 rings (SSSR count). The molecule has 0 saturated carbocycles. The first-order valence-corrected chi connectivity index (χ1v) is 15.0. The summed E-state index contributed by atoms with van der Waals surface area (Å²) in [6.07, 6.45) is 2.46. The Balaban J connectivity index is 1.29. The molecule has 0 spiro atoms. The quantitative estimate of drug-likeness (QED) is 0.296. The number of rotatable bonds is 10. The van der Waals surface area contributed by atoms with Crippen molar-refractivity contribution in [2.24, 2.45) is 5.92 Å². The third-order valence-electron chi connectivity index (χ3n) is 7.88. The number of nitrogens with one attached hydrogen (secondary N) is 2. The Bertz CT molecular complexity index is 1370. The Labute approximate surface area is 257 Å². The molecular weight excluding hydrogens is 564 g/mol. The molecule has 2 amide bonds. The highest BCUT2D eigenvalue weighted by molar-refractivity contribution is 5.91. The second-order valence-corrected chi connectivity index (χ2v) is 10.9. The van der Waals surface area contributed by atoms with Gasteiger partial charge in [0.1, 0.15) is 6.54 Å². The van der Waals surface area contributed by atoms with Crippen LogP contribution in [0.3, 0.4) is 0 Å². The first kappa shape index (κ1) is 31.3. The second-order valence-electron chi connectivity index (χ2n) is 10.9. The van der Waals surface area contributed by atoms with E-state index in [1.54, 1.807) is 25.4 Å². The van der Waals surface area contributed by atoms with Crippen molar-refractivity contribution in [2.45, 2.75) is 39.0 Å². The van der Waals surface area contributed by atoms with E-state index in [2.05, 4.69) is 37.3 Å². The lowest BCUT2D eigenvalue weighted by atomic mass is 9.90. The number of urea groups is 1. The zero-order valence-electron chi connectivity index (χ0n) is 25.1. The number of hydrogen-bond acceptors (Lipinski definition) is 10. The summed E-state index contributed by atoms with van der Waals surface area (Å²) in [5, 5.41) is 14.8. The van der Waals surface area contributed by atoms with E-state index < -0.39 is 18.3 Å². The number of aliphatic hydroxyl groups is 1. The average molecular weight is 605 g/mol. The smallest absolute Gasteiger partial charge is 0.325 e. The number of carbonyl (C=O) groups excluding carboxylic acids is 2. The first-order chi connectivity index (χ1) is 21.4. The van der Waals surface area contributed by atoms with Gasteiger partial charge in [-0.1, -0.05) is 43.3 Å². The number of piperazine rings is 1. The fourth-order valence-electron chi connectivity index (χ4n) is 5.47. The van der Waals surface area contributed by atoms with Crippen LogP contribution in [0.2, 0.25) is 0 Å². The fraction of sp³-hybridized carbons (Fsp3) is 0.438. The molecule has 0 radical (unpaired) electrons. The third kappa shape index (κ3) is 8.08. The van der Waals surface area contributed by atoms with Crippen molar-refractivity contribution in [2.75, 3.05) is 56.1 Å². The van der Waals surface area contributed by atoms with E-state index in [-0.39, 0.29) is 37.9 Å². The van der Waals surface area contributed by atoms with Gasteiger partial charge in [-0.2, -0.15) is 0 Å². The summed E-state index contributed by atoms with van der Waals surface area (Å²) >= 11 is 0.